The number of anilines is 1. The largest absolute Gasteiger partial charge is 0.494 e. The highest BCUT2D eigenvalue weighted by Gasteiger charge is 2.28. The van der Waals surface area contributed by atoms with Crippen molar-refractivity contribution < 1.29 is 23.7 Å². The number of ether oxygens (including phenoxy) is 4. The number of benzene rings is 2. The number of amides is 1. The summed E-state index contributed by atoms with van der Waals surface area (Å²) >= 11 is 7.67. The monoisotopic (exact) mass is 552 g/mol. The third-order valence-corrected chi connectivity index (χ3v) is 7.54. The molecule has 0 bridgehead atoms. The maximum absolute atomic E-state index is 12.9. The molecular formula is C27H25ClN4O5S. The predicted molar refractivity (Wildman–Crippen MR) is 146 cm³/mol. The number of carbonyl (C=O) groups excluding carboxylic acids is 1. The van der Waals surface area contributed by atoms with Crippen molar-refractivity contribution in [3.63, 3.8) is 0 Å². The zero-order valence-electron chi connectivity index (χ0n) is 20.6. The number of thiazole rings is 1. The molecule has 0 radical (unpaired) electrons. The number of rotatable bonds is 7. The van der Waals surface area contributed by atoms with E-state index >= 15 is 0 Å². The molecule has 4 heterocycles. The molecule has 2 aliphatic heterocycles. The first-order valence-electron chi connectivity index (χ1n) is 12.2. The molecule has 1 amide bonds. The number of aromatic nitrogens is 2. The number of halogens is 1. The zero-order valence-corrected chi connectivity index (χ0v) is 22.2. The van der Waals surface area contributed by atoms with Gasteiger partial charge in [0.25, 0.3) is 0 Å². The molecule has 9 nitrogen and oxygen atoms in total. The molecule has 1 fully saturated rings. The summed E-state index contributed by atoms with van der Waals surface area (Å²) in [6, 6.07) is 11.3. The molecule has 1 atom stereocenters. The summed E-state index contributed by atoms with van der Waals surface area (Å²) in [4.78, 5) is 23.8. The summed E-state index contributed by atoms with van der Waals surface area (Å²) in [7, 11) is 1.60. The van der Waals surface area contributed by atoms with Gasteiger partial charge in [0.05, 0.1) is 32.1 Å². The van der Waals surface area contributed by atoms with E-state index in [4.69, 9.17) is 30.5 Å². The second kappa shape index (κ2) is 10.5. The van der Waals surface area contributed by atoms with E-state index in [0.29, 0.717) is 54.5 Å². The van der Waals surface area contributed by atoms with E-state index < -0.39 is 0 Å². The lowest BCUT2D eigenvalue weighted by molar-refractivity contribution is -0.128. The van der Waals surface area contributed by atoms with Crippen LogP contribution in [0.15, 0.2) is 48.0 Å². The van der Waals surface area contributed by atoms with Crippen LogP contribution in [0.4, 0.5) is 5.13 Å². The minimum absolute atomic E-state index is 0.0113. The van der Waals surface area contributed by atoms with Gasteiger partial charge in [0, 0.05) is 39.7 Å². The van der Waals surface area contributed by atoms with Gasteiger partial charge in [-0.25, -0.2) is 9.97 Å². The molecule has 11 heteroatoms. The summed E-state index contributed by atoms with van der Waals surface area (Å²) < 4.78 is 22.9. The van der Waals surface area contributed by atoms with Gasteiger partial charge in [0.1, 0.15) is 25.1 Å². The Morgan fingerprint density at radius 2 is 2.05 bits per heavy atom. The smallest absolute Gasteiger partial charge is 0.242 e. The van der Waals surface area contributed by atoms with Gasteiger partial charge in [-0.1, -0.05) is 11.6 Å². The first-order chi connectivity index (χ1) is 18.6. The van der Waals surface area contributed by atoms with Gasteiger partial charge in [-0.15, -0.1) is 11.3 Å². The maximum Gasteiger partial charge on any atom is 0.242 e. The van der Waals surface area contributed by atoms with Crippen molar-refractivity contribution in [1.29, 1.82) is 0 Å². The Kier molecular flexibility index (Phi) is 6.82. The highest BCUT2D eigenvalue weighted by Crippen LogP contribution is 2.36. The number of pyridine rings is 1. The fourth-order valence-corrected chi connectivity index (χ4v) is 5.47. The Hall–Kier alpha value is -3.76. The van der Waals surface area contributed by atoms with Crippen molar-refractivity contribution in [3.05, 3.63) is 53.0 Å². The van der Waals surface area contributed by atoms with Gasteiger partial charge in [-0.2, -0.15) is 0 Å². The normalized spacial score (nSPS) is 16.5. The Balaban J connectivity index is 1.06. The first kappa shape index (κ1) is 24.6. The molecule has 0 unspecified atom stereocenters. The van der Waals surface area contributed by atoms with Crippen LogP contribution in [0.3, 0.4) is 0 Å². The minimum atomic E-state index is -0.163. The Bertz CT molecular complexity index is 1500. The van der Waals surface area contributed by atoms with Crippen molar-refractivity contribution in [2.24, 2.45) is 0 Å². The standard InChI is InChI=1S/C27H25ClN4O5S/c1-34-24-12-29-26(20-11-17(28)3-4-19(20)24)37-18-6-7-32(14-18)25(33)13-30-27-31-21(15-38-27)16-2-5-22-23(10-16)36-9-8-35-22/h2-5,10-12,15,18H,6-9,13-14H2,1H3,(H,30,31)/t18-/m1/s1. The molecule has 0 saturated carbocycles. The minimum Gasteiger partial charge on any atom is -0.494 e. The molecule has 196 valence electrons. The third-order valence-electron chi connectivity index (χ3n) is 6.51. The molecule has 2 aliphatic rings. The predicted octanol–water partition coefficient (Wildman–Crippen LogP) is 4.88. The molecule has 1 saturated heterocycles. The zero-order chi connectivity index (χ0) is 26.1. The van der Waals surface area contributed by atoms with E-state index in [2.05, 4.69) is 15.3 Å². The second-order valence-corrected chi connectivity index (χ2v) is 10.2. The molecule has 1 N–H and O–H groups in total. The number of nitrogens with one attached hydrogen (secondary N) is 1. The molecule has 6 rings (SSSR count). The molecule has 0 spiro atoms. The van der Waals surface area contributed by atoms with Crippen molar-refractivity contribution >= 4 is 44.7 Å². The molecule has 38 heavy (non-hydrogen) atoms. The average molecular weight is 553 g/mol. The van der Waals surface area contributed by atoms with Crippen molar-refractivity contribution in [3.8, 4) is 34.4 Å². The van der Waals surface area contributed by atoms with Gasteiger partial charge in [-0.3, -0.25) is 4.79 Å². The van der Waals surface area contributed by atoms with E-state index in [1.165, 1.54) is 11.3 Å². The van der Waals surface area contributed by atoms with Crippen LogP contribution in [0, 0.1) is 0 Å². The lowest BCUT2D eigenvalue weighted by Gasteiger charge is -2.18. The van der Waals surface area contributed by atoms with Crippen LogP contribution in [0.2, 0.25) is 5.02 Å². The van der Waals surface area contributed by atoms with Crippen LogP contribution in [-0.2, 0) is 4.79 Å². The Labute approximate surface area is 228 Å². The number of nitrogens with zero attached hydrogens (tertiary/aromatic N) is 3. The third kappa shape index (κ3) is 5.01. The fourth-order valence-electron chi connectivity index (χ4n) is 4.58. The van der Waals surface area contributed by atoms with Crippen molar-refractivity contribution in [2.45, 2.75) is 12.5 Å². The van der Waals surface area contributed by atoms with E-state index in [-0.39, 0.29) is 18.6 Å². The van der Waals surface area contributed by atoms with E-state index in [1.54, 1.807) is 24.3 Å². The number of fused-ring (bicyclic) bond motifs is 2. The molecule has 2 aromatic heterocycles. The number of hydrogen-bond acceptors (Lipinski definition) is 9. The van der Waals surface area contributed by atoms with Gasteiger partial charge < -0.3 is 29.2 Å². The SMILES string of the molecule is COc1cnc(O[C@@H]2CCN(C(=O)CNc3nc(-c4ccc5c(c4)OCCO5)cs3)C2)c2cc(Cl)ccc12. The maximum atomic E-state index is 12.9. The number of likely N-dealkylation sites (tertiary alicyclic amines) is 1. The first-order valence-corrected chi connectivity index (χ1v) is 13.5. The second-order valence-electron chi connectivity index (χ2n) is 8.94. The van der Waals surface area contributed by atoms with Crippen LogP contribution < -0.4 is 24.3 Å². The number of methoxy groups -OCH3 is 1. The van der Waals surface area contributed by atoms with Crippen LogP contribution in [0.25, 0.3) is 22.0 Å². The Morgan fingerprint density at radius 3 is 2.92 bits per heavy atom. The Morgan fingerprint density at radius 1 is 1.18 bits per heavy atom. The average Bonchev–Trinajstić information content (AvgIpc) is 3.62. The van der Waals surface area contributed by atoms with Crippen LogP contribution in [0.1, 0.15) is 6.42 Å². The van der Waals surface area contributed by atoms with Crippen LogP contribution in [0.5, 0.6) is 23.1 Å². The molecular weight excluding hydrogens is 528 g/mol. The van der Waals surface area contributed by atoms with Gasteiger partial charge in [-0.05, 0) is 36.4 Å². The van der Waals surface area contributed by atoms with Crippen LogP contribution >= 0.6 is 22.9 Å². The highest BCUT2D eigenvalue weighted by molar-refractivity contribution is 7.14. The number of hydrogen-bond donors (Lipinski definition) is 1. The summed E-state index contributed by atoms with van der Waals surface area (Å²) in [5, 5.41) is 8.04. The summed E-state index contributed by atoms with van der Waals surface area (Å²) in [6.45, 7) is 2.34. The molecule has 4 aromatic rings. The lowest BCUT2D eigenvalue weighted by atomic mass is 10.1. The fraction of sp³-hybridized carbons (Fsp3) is 0.296. The van der Waals surface area contributed by atoms with Gasteiger partial charge in [0.15, 0.2) is 16.6 Å². The molecule has 2 aromatic carbocycles. The van der Waals surface area contributed by atoms with Crippen LogP contribution in [-0.4, -0.2) is 66.8 Å². The van der Waals surface area contributed by atoms with E-state index in [1.807, 2.05) is 35.7 Å². The summed E-state index contributed by atoms with van der Waals surface area (Å²) in [6.07, 6.45) is 2.19. The topological polar surface area (TPSA) is 95.0 Å². The van der Waals surface area contributed by atoms with E-state index in [0.717, 1.165) is 33.5 Å². The highest BCUT2D eigenvalue weighted by atomic mass is 35.5. The molecule has 0 aliphatic carbocycles. The quantitative estimate of drug-likeness (QED) is 0.346. The van der Waals surface area contributed by atoms with Gasteiger partial charge >= 0.3 is 0 Å². The lowest BCUT2D eigenvalue weighted by Crippen LogP contribution is -2.35. The summed E-state index contributed by atoms with van der Waals surface area (Å²) in [5.74, 6) is 2.58. The number of carbonyl (C=O) groups is 1. The van der Waals surface area contributed by atoms with Crippen molar-refractivity contribution in [1.82, 2.24) is 14.9 Å². The van der Waals surface area contributed by atoms with Crippen molar-refractivity contribution in [2.75, 3.05) is 45.3 Å². The van der Waals surface area contributed by atoms with E-state index in [9.17, 15) is 4.79 Å². The summed E-state index contributed by atoms with van der Waals surface area (Å²) in [5.41, 5.74) is 1.75. The van der Waals surface area contributed by atoms with Gasteiger partial charge in [0.2, 0.25) is 11.8 Å².